The molecule has 1 aromatic carbocycles. The maximum Gasteiger partial charge on any atom is 0.262 e. The van der Waals surface area contributed by atoms with Gasteiger partial charge in [0.25, 0.3) is 5.56 Å². The third kappa shape index (κ3) is 3.36. The summed E-state index contributed by atoms with van der Waals surface area (Å²) < 4.78 is 3.87. The number of imidazole rings is 1. The zero-order valence-electron chi connectivity index (χ0n) is 15.1. The van der Waals surface area contributed by atoms with Crippen LogP contribution in [0, 0.1) is 6.92 Å². The smallest absolute Gasteiger partial charge is 0.262 e. The molecular formula is C20H24ClN3O. The molecule has 0 aliphatic heterocycles. The van der Waals surface area contributed by atoms with E-state index in [2.05, 4.69) is 11.5 Å². The van der Waals surface area contributed by atoms with Crippen LogP contribution in [-0.2, 0) is 13.0 Å². The molecule has 0 saturated carbocycles. The van der Waals surface area contributed by atoms with Gasteiger partial charge in [-0.1, -0.05) is 50.4 Å². The van der Waals surface area contributed by atoms with Gasteiger partial charge in [-0.2, -0.15) is 0 Å². The first kappa shape index (κ1) is 17.7. The number of benzene rings is 1. The van der Waals surface area contributed by atoms with Gasteiger partial charge in [0.05, 0.1) is 5.69 Å². The summed E-state index contributed by atoms with van der Waals surface area (Å²) in [6.45, 7) is 7.13. The molecule has 3 rings (SSSR count). The van der Waals surface area contributed by atoms with Crippen LogP contribution in [0.5, 0.6) is 0 Å². The Bertz CT molecular complexity index is 955. The zero-order chi connectivity index (χ0) is 18.0. The highest BCUT2D eigenvalue weighted by Crippen LogP contribution is 2.23. The van der Waals surface area contributed by atoms with Crippen molar-refractivity contribution in [1.82, 2.24) is 14.0 Å². The fourth-order valence-corrected chi connectivity index (χ4v) is 3.50. The number of halogens is 1. The van der Waals surface area contributed by atoms with Gasteiger partial charge in [-0.15, -0.1) is 0 Å². The van der Waals surface area contributed by atoms with Crippen LogP contribution >= 0.6 is 11.6 Å². The molecule has 4 nitrogen and oxygen atoms in total. The molecule has 2 heterocycles. The van der Waals surface area contributed by atoms with Crippen LogP contribution in [0.3, 0.4) is 0 Å². The fourth-order valence-electron chi connectivity index (χ4n) is 3.30. The van der Waals surface area contributed by atoms with E-state index in [9.17, 15) is 4.79 Å². The van der Waals surface area contributed by atoms with E-state index in [0.717, 1.165) is 41.9 Å². The summed E-state index contributed by atoms with van der Waals surface area (Å²) in [4.78, 5) is 17.6. The van der Waals surface area contributed by atoms with Gasteiger partial charge in [0.1, 0.15) is 0 Å². The molecule has 0 atom stereocenters. The van der Waals surface area contributed by atoms with Crippen molar-refractivity contribution in [2.75, 3.05) is 0 Å². The second kappa shape index (κ2) is 7.44. The normalized spacial score (nSPS) is 11.4. The van der Waals surface area contributed by atoms with E-state index >= 15 is 0 Å². The molecule has 0 saturated heterocycles. The van der Waals surface area contributed by atoms with Crippen molar-refractivity contribution in [3.8, 4) is 11.3 Å². The molecule has 0 fully saturated rings. The SMILES string of the molecule is CCCCCn1c(C)c(CC)c(=O)n2cc(-c3cccc(Cl)c3)nc12. The highest BCUT2D eigenvalue weighted by Gasteiger charge is 2.16. The molecule has 0 aliphatic carbocycles. The van der Waals surface area contributed by atoms with Crippen molar-refractivity contribution in [2.45, 2.75) is 53.0 Å². The third-order valence-corrected chi connectivity index (χ3v) is 4.94. The summed E-state index contributed by atoms with van der Waals surface area (Å²) in [5.74, 6) is 0.714. The molecule has 25 heavy (non-hydrogen) atoms. The van der Waals surface area contributed by atoms with E-state index in [1.807, 2.05) is 44.3 Å². The average Bonchev–Trinajstić information content (AvgIpc) is 3.04. The van der Waals surface area contributed by atoms with Gasteiger partial charge in [0.15, 0.2) is 0 Å². The van der Waals surface area contributed by atoms with Crippen LogP contribution in [0.4, 0.5) is 0 Å². The molecule has 0 unspecified atom stereocenters. The lowest BCUT2D eigenvalue weighted by Gasteiger charge is -2.15. The van der Waals surface area contributed by atoms with Crippen molar-refractivity contribution in [3.05, 3.63) is 57.1 Å². The Balaban J connectivity index is 2.20. The van der Waals surface area contributed by atoms with Gasteiger partial charge >= 0.3 is 0 Å². The number of nitrogens with zero attached hydrogens (tertiary/aromatic N) is 3. The monoisotopic (exact) mass is 357 g/mol. The van der Waals surface area contributed by atoms with Gasteiger partial charge in [0, 0.05) is 34.6 Å². The third-order valence-electron chi connectivity index (χ3n) is 4.71. The van der Waals surface area contributed by atoms with E-state index in [1.165, 1.54) is 12.8 Å². The number of hydrogen-bond donors (Lipinski definition) is 0. The molecular weight excluding hydrogens is 334 g/mol. The largest absolute Gasteiger partial charge is 0.315 e. The maximum absolute atomic E-state index is 12.9. The Morgan fingerprint density at radius 3 is 2.68 bits per heavy atom. The van der Waals surface area contributed by atoms with E-state index in [4.69, 9.17) is 16.6 Å². The molecule has 132 valence electrons. The first-order valence-corrected chi connectivity index (χ1v) is 9.31. The Labute approximate surface area is 153 Å². The van der Waals surface area contributed by atoms with Crippen LogP contribution in [0.1, 0.15) is 44.4 Å². The first-order chi connectivity index (χ1) is 12.1. The van der Waals surface area contributed by atoms with E-state index in [-0.39, 0.29) is 5.56 Å². The lowest BCUT2D eigenvalue weighted by Crippen LogP contribution is -2.24. The molecule has 0 N–H and O–H groups in total. The predicted octanol–water partition coefficient (Wildman–Crippen LogP) is 4.88. The Hall–Kier alpha value is -2.07. The minimum atomic E-state index is 0.0301. The predicted molar refractivity (Wildman–Crippen MR) is 104 cm³/mol. The van der Waals surface area contributed by atoms with Crippen molar-refractivity contribution in [3.63, 3.8) is 0 Å². The molecule has 0 bridgehead atoms. The molecule has 2 aromatic heterocycles. The summed E-state index contributed by atoms with van der Waals surface area (Å²) in [5.41, 5.74) is 3.61. The number of fused-ring (bicyclic) bond motifs is 1. The molecule has 0 amide bonds. The topological polar surface area (TPSA) is 39.3 Å². The first-order valence-electron chi connectivity index (χ1n) is 8.94. The van der Waals surface area contributed by atoms with Gasteiger partial charge in [0.2, 0.25) is 5.78 Å². The van der Waals surface area contributed by atoms with Gasteiger partial charge < -0.3 is 4.57 Å². The summed E-state index contributed by atoms with van der Waals surface area (Å²) >= 11 is 6.11. The zero-order valence-corrected chi connectivity index (χ0v) is 15.8. The Kier molecular flexibility index (Phi) is 5.28. The van der Waals surface area contributed by atoms with Crippen molar-refractivity contribution < 1.29 is 0 Å². The van der Waals surface area contributed by atoms with Crippen LogP contribution < -0.4 is 5.56 Å². The number of unbranched alkanes of at least 4 members (excludes halogenated alkanes) is 2. The number of aromatic nitrogens is 3. The minimum Gasteiger partial charge on any atom is -0.315 e. The van der Waals surface area contributed by atoms with Gasteiger partial charge in [-0.3, -0.25) is 9.20 Å². The van der Waals surface area contributed by atoms with E-state index < -0.39 is 0 Å². The summed E-state index contributed by atoms with van der Waals surface area (Å²) in [6.07, 6.45) is 5.97. The maximum atomic E-state index is 12.9. The average molecular weight is 358 g/mol. The second-order valence-electron chi connectivity index (χ2n) is 6.39. The van der Waals surface area contributed by atoms with Crippen LogP contribution in [0.15, 0.2) is 35.3 Å². The molecule has 3 aromatic rings. The number of aryl methyl sites for hydroxylation is 1. The highest BCUT2D eigenvalue weighted by atomic mass is 35.5. The second-order valence-corrected chi connectivity index (χ2v) is 6.82. The van der Waals surface area contributed by atoms with E-state index in [0.29, 0.717) is 10.8 Å². The lowest BCUT2D eigenvalue weighted by atomic mass is 10.1. The van der Waals surface area contributed by atoms with Crippen molar-refractivity contribution in [2.24, 2.45) is 0 Å². The summed E-state index contributed by atoms with van der Waals surface area (Å²) in [5, 5.41) is 0.665. The van der Waals surface area contributed by atoms with Gasteiger partial charge in [-0.25, -0.2) is 4.98 Å². The van der Waals surface area contributed by atoms with Crippen LogP contribution in [-0.4, -0.2) is 14.0 Å². The summed E-state index contributed by atoms with van der Waals surface area (Å²) in [7, 11) is 0. The quantitative estimate of drug-likeness (QED) is 0.590. The molecule has 5 heteroatoms. The number of rotatable bonds is 6. The number of hydrogen-bond acceptors (Lipinski definition) is 2. The highest BCUT2D eigenvalue weighted by molar-refractivity contribution is 6.30. The molecule has 0 spiro atoms. The molecule has 0 aliphatic rings. The Morgan fingerprint density at radius 2 is 2.00 bits per heavy atom. The van der Waals surface area contributed by atoms with Gasteiger partial charge in [-0.05, 0) is 31.9 Å². The van der Waals surface area contributed by atoms with Crippen LogP contribution in [0.25, 0.3) is 17.0 Å². The van der Waals surface area contributed by atoms with E-state index in [1.54, 1.807) is 4.40 Å². The lowest BCUT2D eigenvalue weighted by molar-refractivity contribution is 0.586. The van der Waals surface area contributed by atoms with Crippen molar-refractivity contribution in [1.29, 1.82) is 0 Å². The standard InChI is InChI=1S/C20H24ClN3O/c1-4-6-7-11-23-14(3)17(5-2)19(25)24-13-18(22-20(23)24)15-9-8-10-16(21)12-15/h8-10,12-13H,4-7,11H2,1-3H3. The molecule has 0 radical (unpaired) electrons. The van der Waals surface area contributed by atoms with Crippen LogP contribution in [0.2, 0.25) is 5.02 Å². The fraction of sp³-hybridized carbons (Fsp3) is 0.400. The minimum absolute atomic E-state index is 0.0301. The summed E-state index contributed by atoms with van der Waals surface area (Å²) in [6, 6.07) is 7.58. The Morgan fingerprint density at radius 1 is 1.20 bits per heavy atom. The van der Waals surface area contributed by atoms with Crippen molar-refractivity contribution >= 4 is 17.4 Å².